The quantitative estimate of drug-likeness (QED) is 0.823. The Kier molecular flexibility index (Phi) is 2.55. The van der Waals surface area contributed by atoms with Gasteiger partial charge in [0.05, 0.1) is 11.9 Å². The van der Waals surface area contributed by atoms with E-state index in [9.17, 15) is 0 Å². The third-order valence-corrected chi connectivity index (χ3v) is 3.69. The molecule has 0 radical (unpaired) electrons. The molecule has 1 aliphatic heterocycles. The molecule has 2 rings (SSSR count). The molecule has 82 valence electrons. The molecule has 0 spiro atoms. The van der Waals surface area contributed by atoms with Crippen molar-refractivity contribution in [1.29, 1.82) is 0 Å². The van der Waals surface area contributed by atoms with E-state index in [1.54, 1.807) is 0 Å². The molecule has 0 bridgehead atoms. The lowest BCUT2D eigenvalue weighted by Gasteiger charge is -2.51. The van der Waals surface area contributed by atoms with Gasteiger partial charge in [-0.15, -0.1) is 0 Å². The minimum Gasteiger partial charge on any atom is -0.384 e. The molecule has 1 aromatic rings. The van der Waals surface area contributed by atoms with E-state index >= 15 is 0 Å². The molecule has 0 amide bonds. The van der Waals surface area contributed by atoms with Crippen molar-refractivity contribution in [3.8, 4) is 0 Å². The summed E-state index contributed by atoms with van der Waals surface area (Å²) < 4.78 is 0. The van der Waals surface area contributed by atoms with Gasteiger partial charge in [0.2, 0.25) is 0 Å². The van der Waals surface area contributed by atoms with E-state index in [0.717, 1.165) is 13.1 Å². The van der Waals surface area contributed by atoms with Crippen molar-refractivity contribution in [1.82, 2.24) is 4.98 Å². The number of nitrogen functional groups attached to an aromatic ring is 1. The van der Waals surface area contributed by atoms with Crippen molar-refractivity contribution in [2.75, 3.05) is 23.7 Å². The molecule has 2 heterocycles. The number of aromatic nitrogens is 1. The molecule has 2 N–H and O–H groups in total. The Labute approximate surface area is 91.3 Å². The van der Waals surface area contributed by atoms with E-state index < -0.39 is 0 Å². The Hall–Kier alpha value is -1.25. The van der Waals surface area contributed by atoms with Crippen LogP contribution in [0.4, 0.5) is 11.5 Å². The zero-order valence-corrected chi connectivity index (χ0v) is 9.53. The van der Waals surface area contributed by atoms with Crippen LogP contribution in [-0.2, 0) is 0 Å². The van der Waals surface area contributed by atoms with Gasteiger partial charge < -0.3 is 10.6 Å². The number of pyridine rings is 1. The van der Waals surface area contributed by atoms with Gasteiger partial charge in [-0.1, -0.05) is 13.8 Å². The predicted octanol–water partition coefficient (Wildman–Crippen LogP) is 2.29. The molecule has 3 heteroatoms. The van der Waals surface area contributed by atoms with Gasteiger partial charge in [0.1, 0.15) is 5.82 Å². The Bertz CT molecular complexity index is 319. The van der Waals surface area contributed by atoms with Crippen LogP contribution in [-0.4, -0.2) is 18.1 Å². The minimum atomic E-state index is 0.543. The molecule has 1 aromatic heterocycles. The zero-order chi connectivity index (χ0) is 10.9. The van der Waals surface area contributed by atoms with Gasteiger partial charge in [0.25, 0.3) is 0 Å². The van der Waals surface area contributed by atoms with Crippen LogP contribution in [0.2, 0.25) is 0 Å². The lowest BCUT2D eigenvalue weighted by atomic mass is 9.75. The fraction of sp³-hybridized carbons (Fsp3) is 0.583. The summed E-state index contributed by atoms with van der Waals surface area (Å²) in [5.41, 5.74) is 7.30. The van der Waals surface area contributed by atoms with E-state index in [1.165, 1.54) is 18.5 Å². The summed E-state index contributed by atoms with van der Waals surface area (Å²) in [6.45, 7) is 6.88. The van der Waals surface area contributed by atoms with Crippen molar-refractivity contribution in [2.45, 2.75) is 26.7 Å². The number of hydrogen-bond acceptors (Lipinski definition) is 3. The molecule has 1 fully saturated rings. The first-order valence-electron chi connectivity index (χ1n) is 5.65. The highest BCUT2D eigenvalue weighted by Gasteiger charge is 2.39. The molecular weight excluding hydrogens is 186 g/mol. The van der Waals surface area contributed by atoms with Gasteiger partial charge in [-0.05, 0) is 25.0 Å². The van der Waals surface area contributed by atoms with E-state index in [-0.39, 0.29) is 0 Å². The van der Waals surface area contributed by atoms with Crippen LogP contribution in [0, 0.1) is 5.41 Å². The second kappa shape index (κ2) is 3.72. The van der Waals surface area contributed by atoms with Crippen molar-refractivity contribution in [3.63, 3.8) is 0 Å². The van der Waals surface area contributed by atoms with Crippen molar-refractivity contribution in [3.05, 3.63) is 18.3 Å². The zero-order valence-electron chi connectivity index (χ0n) is 9.53. The third kappa shape index (κ3) is 1.78. The number of hydrogen-bond donors (Lipinski definition) is 1. The predicted molar refractivity (Wildman–Crippen MR) is 63.9 cm³/mol. The Balaban J connectivity index is 2.02. The summed E-state index contributed by atoms with van der Waals surface area (Å²) in [4.78, 5) is 6.49. The molecular formula is C12H19N3. The molecule has 0 aliphatic carbocycles. The van der Waals surface area contributed by atoms with Crippen LogP contribution in [0.15, 0.2) is 18.3 Å². The van der Waals surface area contributed by atoms with Crippen LogP contribution < -0.4 is 10.6 Å². The van der Waals surface area contributed by atoms with Crippen LogP contribution in [0.1, 0.15) is 26.7 Å². The molecule has 0 saturated carbocycles. The normalized spacial score (nSPS) is 18.7. The molecule has 0 atom stereocenters. The maximum Gasteiger partial charge on any atom is 0.123 e. The summed E-state index contributed by atoms with van der Waals surface area (Å²) in [6.07, 6.45) is 4.40. The van der Waals surface area contributed by atoms with Crippen LogP contribution in [0.3, 0.4) is 0 Å². The highest BCUT2D eigenvalue weighted by Crippen LogP contribution is 2.39. The fourth-order valence-electron chi connectivity index (χ4n) is 2.23. The minimum absolute atomic E-state index is 0.543. The van der Waals surface area contributed by atoms with Gasteiger partial charge in [-0.25, -0.2) is 4.98 Å². The maximum absolute atomic E-state index is 5.56. The largest absolute Gasteiger partial charge is 0.384 e. The van der Waals surface area contributed by atoms with Crippen LogP contribution in [0.5, 0.6) is 0 Å². The van der Waals surface area contributed by atoms with Gasteiger partial charge in [-0.2, -0.15) is 0 Å². The van der Waals surface area contributed by atoms with E-state index in [1.807, 2.05) is 12.3 Å². The molecule has 0 unspecified atom stereocenters. The highest BCUT2D eigenvalue weighted by atomic mass is 15.2. The summed E-state index contributed by atoms with van der Waals surface area (Å²) >= 11 is 0. The molecule has 1 saturated heterocycles. The fourth-order valence-corrected chi connectivity index (χ4v) is 2.23. The second-order valence-electron chi connectivity index (χ2n) is 4.50. The monoisotopic (exact) mass is 205 g/mol. The summed E-state index contributed by atoms with van der Waals surface area (Å²) in [7, 11) is 0. The van der Waals surface area contributed by atoms with Gasteiger partial charge in [0.15, 0.2) is 0 Å². The topological polar surface area (TPSA) is 42.1 Å². The summed E-state index contributed by atoms with van der Waals surface area (Å²) in [5.74, 6) is 0.594. The molecule has 0 aromatic carbocycles. The third-order valence-electron chi connectivity index (χ3n) is 3.69. The first-order chi connectivity index (χ1) is 7.19. The van der Waals surface area contributed by atoms with Gasteiger partial charge in [0, 0.05) is 18.5 Å². The molecule has 3 nitrogen and oxygen atoms in total. The maximum atomic E-state index is 5.56. The van der Waals surface area contributed by atoms with E-state index in [4.69, 9.17) is 5.73 Å². The average Bonchev–Trinajstić information content (AvgIpc) is 2.20. The Morgan fingerprint density at radius 1 is 1.33 bits per heavy atom. The Morgan fingerprint density at radius 3 is 2.47 bits per heavy atom. The lowest BCUT2D eigenvalue weighted by molar-refractivity contribution is 0.194. The first kappa shape index (κ1) is 10.3. The first-order valence-corrected chi connectivity index (χ1v) is 5.65. The van der Waals surface area contributed by atoms with Gasteiger partial charge >= 0.3 is 0 Å². The number of rotatable bonds is 3. The van der Waals surface area contributed by atoms with Gasteiger partial charge in [-0.3, -0.25) is 0 Å². The summed E-state index contributed by atoms with van der Waals surface area (Å²) in [5, 5.41) is 0. The Morgan fingerprint density at radius 2 is 2.00 bits per heavy atom. The number of nitrogens with two attached hydrogens (primary N) is 1. The lowest BCUT2D eigenvalue weighted by Crippen LogP contribution is -2.55. The second-order valence-corrected chi connectivity index (χ2v) is 4.50. The van der Waals surface area contributed by atoms with E-state index in [2.05, 4.69) is 29.8 Å². The molecule has 1 aliphatic rings. The number of anilines is 2. The molecule has 15 heavy (non-hydrogen) atoms. The standard InChI is InChI=1S/C12H19N3/c1-3-12(4-2)8-15(9-12)10-5-6-11(13)14-7-10/h5-7H,3-4,8-9H2,1-2H3,(H2,13,14). The van der Waals surface area contributed by atoms with Crippen molar-refractivity contribution in [2.24, 2.45) is 5.41 Å². The number of nitrogens with zero attached hydrogens (tertiary/aromatic N) is 2. The SMILES string of the molecule is CCC1(CC)CN(c2ccc(N)nc2)C1. The smallest absolute Gasteiger partial charge is 0.123 e. The van der Waals surface area contributed by atoms with E-state index in [0.29, 0.717) is 11.2 Å². The van der Waals surface area contributed by atoms with Crippen LogP contribution >= 0.6 is 0 Å². The average molecular weight is 205 g/mol. The van der Waals surface area contributed by atoms with Crippen molar-refractivity contribution >= 4 is 11.5 Å². The van der Waals surface area contributed by atoms with Crippen molar-refractivity contribution < 1.29 is 0 Å². The summed E-state index contributed by atoms with van der Waals surface area (Å²) in [6, 6.07) is 3.92. The highest BCUT2D eigenvalue weighted by molar-refractivity contribution is 5.50. The van der Waals surface area contributed by atoms with Crippen LogP contribution in [0.25, 0.3) is 0 Å².